The predicted molar refractivity (Wildman–Crippen MR) is 59.9 cm³/mol. The summed E-state index contributed by atoms with van der Waals surface area (Å²) in [7, 11) is 0. The lowest BCUT2D eigenvalue weighted by Gasteiger charge is -2.34. The molecule has 14 heavy (non-hydrogen) atoms. The molecule has 0 heterocycles. The van der Waals surface area contributed by atoms with Crippen LogP contribution in [0.25, 0.3) is 0 Å². The Hall–Kier alpha value is -0.830. The van der Waals surface area contributed by atoms with Crippen molar-refractivity contribution in [1.82, 2.24) is 5.32 Å². The molecule has 0 aliphatic carbocycles. The molecule has 0 fully saturated rings. The fourth-order valence-electron chi connectivity index (χ4n) is 1.33. The first-order valence-corrected chi connectivity index (χ1v) is 5.12. The van der Waals surface area contributed by atoms with Crippen LogP contribution in [0.5, 0.6) is 0 Å². The first-order chi connectivity index (χ1) is 6.37. The molecule has 0 saturated heterocycles. The molecular formula is C11H22N2O. The molecule has 0 aliphatic rings. The topological polar surface area (TPSA) is 55.1 Å². The Balaban J connectivity index is 4.39. The second-order valence-corrected chi connectivity index (χ2v) is 3.92. The highest BCUT2D eigenvalue weighted by atomic mass is 16.1. The van der Waals surface area contributed by atoms with Crippen molar-refractivity contribution < 1.29 is 4.79 Å². The maximum absolute atomic E-state index is 11.4. The molecule has 3 heteroatoms. The van der Waals surface area contributed by atoms with Crippen LogP contribution >= 0.6 is 0 Å². The van der Waals surface area contributed by atoms with Gasteiger partial charge in [-0.25, -0.2) is 0 Å². The number of nitrogens with two attached hydrogens (primary N) is 1. The Morgan fingerprint density at radius 2 is 1.93 bits per heavy atom. The smallest absolute Gasteiger partial charge is 0.246 e. The Kier molecular flexibility index (Phi) is 4.85. The van der Waals surface area contributed by atoms with E-state index in [0.29, 0.717) is 5.57 Å². The maximum Gasteiger partial charge on any atom is 0.246 e. The van der Waals surface area contributed by atoms with Crippen LogP contribution in [0.1, 0.15) is 40.5 Å². The standard InChI is InChI=1S/C11H22N2O/c1-6-11(12,7-2)9(5)13-10(14)8(3)4/h9H,3,6-7,12H2,1-2,4-5H3,(H,13,14). The second-order valence-electron chi connectivity index (χ2n) is 3.92. The van der Waals surface area contributed by atoms with Crippen molar-refractivity contribution >= 4 is 5.91 Å². The average molecular weight is 198 g/mol. The number of hydrogen-bond acceptors (Lipinski definition) is 2. The highest BCUT2D eigenvalue weighted by Crippen LogP contribution is 2.16. The van der Waals surface area contributed by atoms with Crippen LogP contribution in [0, 0.1) is 0 Å². The van der Waals surface area contributed by atoms with Crippen molar-refractivity contribution in [2.75, 3.05) is 0 Å². The van der Waals surface area contributed by atoms with E-state index in [0.717, 1.165) is 12.8 Å². The van der Waals surface area contributed by atoms with Crippen molar-refractivity contribution in [3.8, 4) is 0 Å². The third-order valence-electron chi connectivity index (χ3n) is 2.91. The van der Waals surface area contributed by atoms with E-state index in [1.165, 1.54) is 0 Å². The molecule has 0 radical (unpaired) electrons. The van der Waals surface area contributed by atoms with E-state index in [-0.39, 0.29) is 17.5 Å². The summed E-state index contributed by atoms with van der Waals surface area (Å²) in [6.45, 7) is 11.3. The minimum absolute atomic E-state index is 0.0262. The molecule has 0 spiro atoms. The summed E-state index contributed by atoms with van der Waals surface area (Å²) in [6, 6.07) is -0.0262. The third-order valence-corrected chi connectivity index (χ3v) is 2.91. The molecule has 1 atom stereocenters. The van der Waals surface area contributed by atoms with E-state index in [1.54, 1.807) is 6.92 Å². The summed E-state index contributed by atoms with van der Waals surface area (Å²) in [5.74, 6) is -0.116. The van der Waals surface area contributed by atoms with Crippen LogP contribution in [-0.4, -0.2) is 17.5 Å². The molecule has 3 nitrogen and oxygen atoms in total. The fourth-order valence-corrected chi connectivity index (χ4v) is 1.33. The summed E-state index contributed by atoms with van der Waals surface area (Å²) in [4.78, 5) is 11.4. The summed E-state index contributed by atoms with van der Waals surface area (Å²) >= 11 is 0. The number of carbonyl (C=O) groups excluding carboxylic acids is 1. The van der Waals surface area contributed by atoms with E-state index in [4.69, 9.17) is 5.73 Å². The average Bonchev–Trinajstić information content (AvgIpc) is 2.16. The van der Waals surface area contributed by atoms with Crippen LogP contribution in [0.15, 0.2) is 12.2 Å². The lowest BCUT2D eigenvalue weighted by molar-refractivity contribution is -0.118. The summed E-state index contributed by atoms with van der Waals surface area (Å²) in [6.07, 6.45) is 1.70. The molecule has 0 aliphatic heterocycles. The monoisotopic (exact) mass is 198 g/mol. The molecule has 0 aromatic carbocycles. The first-order valence-electron chi connectivity index (χ1n) is 5.12. The number of amides is 1. The van der Waals surface area contributed by atoms with Crippen molar-refractivity contribution in [1.29, 1.82) is 0 Å². The number of hydrogen-bond donors (Lipinski definition) is 2. The molecule has 0 bridgehead atoms. The van der Waals surface area contributed by atoms with Gasteiger partial charge in [-0.05, 0) is 26.7 Å². The molecule has 82 valence electrons. The molecule has 0 aromatic rings. The van der Waals surface area contributed by atoms with E-state index in [9.17, 15) is 4.79 Å². The van der Waals surface area contributed by atoms with Gasteiger partial charge in [0, 0.05) is 17.2 Å². The number of carbonyl (C=O) groups is 1. The zero-order valence-corrected chi connectivity index (χ0v) is 9.68. The molecule has 3 N–H and O–H groups in total. The normalized spacial score (nSPS) is 13.5. The van der Waals surface area contributed by atoms with E-state index < -0.39 is 0 Å². The van der Waals surface area contributed by atoms with Gasteiger partial charge < -0.3 is 11.1 Å². The van der Waals surface area contributed by atoms with E-state index in [2.05, 4.69) is 11.9 Å². The van der Waals surface area contributed by atoms with E-state index in [1.807, 2.05) is 20.8 Å². The molecule has 0 saturated carbocycles. The van der Waals surface area contributed by atoms with Crippen LogP contribution in [0.2, 0.25) is 0 Å². The first kappa shape index (κ1) is 13.2. The predicted octanol–water partition coefficient (Wildman–Crippen LogP) is 1.58. The van der Waals surface area contributed by atoms with Gasteiger partial charge in [0.05, 0.1) is 0 Å². The highest BCUT2D eigenvalue weighted by Gasteiger charge is 2.28. The van der Waals surface area contributed by atoms with Gasteiger partial charge in [-0.2, -0.15) is 0 Å². The van der Waals surface area contributed by atoms with Gasteiger partial charge >= 0.3 is 0 Å². The zero-order chi connectivity index (χ0) is 11.4. The van der Waals surface area contributed by atoms with Gasteiger partial charge in [0.25, 0.3) is 0 Å². The SMILES string of the molecule is C=C(C)C(=O)NC(C)C(N)(CC)CC. The van der Waals surface area contributed by atoms with Gasteiger partial charge in [0.1, 0.15) is 0 Å². The van der Waals surface area contributed by atoms with Crippen molar-refractivity contribution in [3.05, 3.63) is 12.2 Å². The second kappa shape index (κ2) is 5.15. The Morgan fingerprint density at radius 3 is 2.21 bits per heavy atom. The summed E-state index contributed by atoms with van der Waals surface area (Å²) < 4.78 is 0. The highest BCUT2D eigenvalue weighted by molar-refractivity contribution is 5.92. The Labute approximate surface area is 86.8 Å². The lowest BCUT2D eigenvalue weighted by atomic mass is 9.86. The van der Waals surface area contributed by atoms with Gasteiger partial charge in [-0.3, -0.25) is 4.79 Å². The van der Waals surface area contributed by atoms with Gasteiger partial charge in [0.15, 0.2) is 0 Å². The van der Waals surface area contributed by atoms with Gasteiger partial charge in [-0.15, -0.1) is 0 Å². The van der Waals surface area contributed by atoms with Crippen molar-refractivity contribution in [2.45, 2.75) is 52.1 Å². The van der Waals surface area contributed by atoms with Gasteiger partial charge in [-0.1, -0.05) is 20.4 Å². The maximum atomic E-state index is 11.4. The number of rotatable bonds is 5. The van der Waals surface area contributed by atoms with Crippen LogP contribution in [-0.2, 0) is 4.79 Å². The van der Waals surface area contributed by atoms with Crippen molar-refractivity contribution in [2.24, 2.45) is 5.73 Å². The largest absolute Gasteiger partial charge is 0.348 e. The van der Waals surface area contributed by atoms with E-state index >= 15 is 0 Å². The quantitative estimate of drug-likeness (QED) is 0.659. The minimum atomic E-state index is -0.314. The fraction of sp³-hybridized carbons (Fsp3) is 0.727. The molecular weight excluding hydrogens is 176 g/mol. The zero-order valence-electron chi connectivity index (χ0n) is 9.68. The molecule has 1 amide bonds. The molecule has 1 unspecified atom stereocenters. The Morgan fingerprint density at radius 1 is 1.50 bits per heavy atom. The van der Waals surface area contributed by atoms with Gasteiger partial charge in [0.2, 0.25) is 5.91 Å². The van der Waals surface area contributed by atoms with Crippen LogP contribution in [0.4, 0.5) is 0 Å². The van der Waals surface area contributed by atoms with Crippen LogP contribution in [0.3, 0.4) is 0 Å². The molecule has 0 aromatic heterocycles. The molecule has 0 rings (SSSR count). The Bertz CT molecular complexity index is 219. The lowest BCUT2D eigenvalue weighted by Crippen LogP contribution is -2.56. The summed E-state index contributed by atoms with van der Waals surface area (Å²) in [5.41, 5.74) is 6.35. The minimum Gasteiger partial charge on any atom is -0.348 e. The third kappa shape index (κ3) is 3.14. The number of nitrogens with one attached hydrogen (secondary N) is 1. The van der Waals surface area contributed by atoms with Crippen LogP contribution < -0.4 is 11.1 Å². The van der Waals surface area contributed by atoms with Crippen molar-refractivity contribution in [3.63, 3.8) is 0 Å². The summed E-state index contributed by atoms with van der Waals surface area (Å²) in [5, 5.41) is 2.86.